The van der Waals surface area contributed by atoms with Gasteiger partial charge in [0.15, 0.2) is 0 Å². The van der Waals surface area contributed by atoms with E-state index in [1.54, 1.807) is 11.3 Å². The van der Waals surface area contributed by atoms with E-state index in [4.69, 9.17) is 16.3 Å². The molecule has 0 radical (unpaired) electrons. The van der Waals surface area contributed by atoms with Gasteiger partial charge in [-0.05, 0) is 40.4 Å². The molecule has 1 aromatic heterocycles. The Labute approximate surface area is 102 Å². The maximum atomic E-state index is 6.39. The van der Waals surface area contributed by atoms with E-state index < -0.39 is 0 Å². The van der Waals surface area contributed by atoms with Crippen LogP contribution in [0.5, 0.6) is 0 Å². The topological polar surface area (TPSA) is 9.23 Å². The molecule has 1 aromatic rings. The Morgan fingerprint density at radius 3 is 2.93 bits per heavy atom. The summed E-state index contributed by atoms with van der Waals surface area (Å²) in [6, 6.07) is 4.11. The second-order valence-electron chi connectivity index (χ2n) is 3.65. The average molecular weight is 296 g/mol. The quantitative estimate of drug-likeness (QED) is 0.743. The Hall–Kier alpha value is 0.430. The number of ether oxygens (including phenoxy) is 1. The minimum atomic E-state index is 0.00352. The number of thiophene rings is 1. The van der Waals surface area contributed by atoms with E-state index in [2.05, 4.69) is 28.9 Å². The van der Waals surface area contributed by atoms with Crippen LogP contribution in [0.25, 0.3) is 0 Å². The Balaban J connectivity index is 2.11. The third-order valence-corrected chi connectivity index (χ3v) is 4.92. The number of hydrogen-bond donors (Lipinski definition) is 0. The van der Waals surface area contributed by atoms with Crippen molar-refractivity contribution in [3.63, 3.8) is 0 Å². The zero-order valence-electron chi connectivity index (χ0n) is 7.87. The molecule has 78 valence electrons. The normalized spacial score (nSPS) is 29.4. The molecule has 0 aromatic carbocycles. The van der Waals surface area contributed by atoms with Crippen molar-refractivity contribution in [2.75, 3.05) is 6.61 Å². The van der Waals surface area contributed by atoms with Crippen LogP contribution in [0.15, 0.2) is 15.9 Å². The van der Waals surface area contributed by atoms with Crippen LogP contribution in [0, 0.1) is 5.92 Å². The molecule has 0 aliphatic carbocycles. The third kappa shape index (κ3) is 2.16. The van der Waals surface area contributed by atoms with Crippen LogP contribution in [0.2, 0.25) is 0 Å². The maximum Gasteiger partial charge on any atom is 0.0942 e. The standard InChI is InChI=1S/C10H12BrClOS/c1-6-4-5-13-10(6)9(12)7-2-3-8(11)14-7/h2-3,6,9-10H,4-5H2,1H3. The van der Waals surface area contributed by atoms with E-state index in [1.165, 1.54) is 4.88 Å². The SMILES string of the molecule is CC1CCOC1C(Cl)c1ccc(Br)s1. The summed E-state index contributed by atoms with van der Waals surface area (Å²) in [6.45, 7) is 3.05. The monoisotopic (exact) mass is 294 g/mol. The zero-order valence-corrected chi connectivity index (χ0v) is 11.0. The fourth-order valence-electron chi connectivity index (χ4n) is 1.73. The zero-order chi connectivity index (χ0) is 10.1. The summed E-state index contributed by atoms with van der Waals surface area (Å²) in [6.07, 6.45) is 1.31. The van der Waals surface area contributed by atoms with Crippen molar-refractivity contribution in [2.45, 2.75) is 24.8 Å². The Morgan fingerprint density at radius 1 is 1.64 bits per heavy atom. The average Bonchev–Trinajstić information content (AvgIpc) is 2.73. The van der Waals surface area contributed by atoms with Crippen molar-refractivity contribution in [2.24, 2.45) is 5.92 Å². The van der Waals surface area contributed by atoms with Crippen LogP contribution in [0.1, 0.15) is 23.6 Å². The van der Waals surface area contributed by atoms with Gasteiger partial charge in [-0.1, -0.05) is 6.92 Å². The molecule has 2 rings (SSSR count). The van der Waals surface area contributed by atoms with Gasteiger partial charge in [-0.3, -0.25) is 0 Å². The van der Waals surface area contributed by atoms with Crippen LogP contribution < -0.4 is 0 Å². The minimum Gasteiger partial charge on any atom is -0.376 e. The lowest BCUT2D eigenvalue weighted by atomic mass is 10.0. The lowest BCUT2D eigenvalue weighted by Crippen LogP contribution is -2.18. The highest BCUT2D eigenvalue weighted by Crippen LogP contribution is 2.39. The van der Waals surface area contributed by atoms with Crippen molar-refractivity contribution in [3.05, 3.63) is 20.8 Å². The maximum absolute atomic E-state index is 6.39. The molecule has 1 saturated heterocycles. The van der Waals surface area contributed by atoms with Crippen LogP contribution in [-0.2, 0) is 4.74 Å². The van der Waals surface area contributed by atoms with E-state index >= 15 is 0 Å². The molecule has 0 spiro atoms. The van der Waals surface area contributed by atoms with Gasteiger partial charge in [0.1, 0.15) is 0 Å². The van der Waals surface area contributed by atoms with Crippen LogP contribution >= 0.6 is 38.9 Å². The van der Waals surface area contributed by atoms with Gasteiger partial charge >= 0.3 is 0 Å². The Morgan fingerprint density at radius 2 is 2.43 bits per heavy atom. The van der Waals surface area contributed by atoms with Gasteiger partial charge in [-0.2, -0.15) is 0 Å². The van der Waals surface area contributed by atoms with Gasteiger partial charge in [0, 0.05) is 11.5 Å². The second kappa shape index (κ2) is 4.52. The highest BCUT2D eigenvalue weighted by atomic mass is 79.9. The molecule has 0 N–H and O–H groups in total. The predicted molar refractivity (Wildman–Crippen MR) is 64.1 cm³/mol. The van der Waals surface area contributed by atoms with Gasteiger partial charge in [-0.15, -0.1) is 22.9 Å². The molecule has 3 unspecified atom stereocenters. The van der Waals surface area contributed by atoms with Gasteiger partial charge in [0.25, 0.3) is 0 Å². The summed E-state index contributed by atoms with van der Waals surface area (Å²) >= 11 is 11.5. The molecule has 1 aliphatic rings. The highest BCUT2D eigenvalue weighted by molar-refractivity contribution is 9.11. The summed E-state index contributed by atoms with van der Waals surface area (Å²) in [7, 11) is 0. The molecule has 14 heavy (non-hydrogen) atoms. The second-order valence-corrected chi connectivity index (χ2v) is 6.61. The first-order valence-corrected chi connectivity index (χ1v) is 6.74. The largest absolute Gasteiger partial charge is 0.376 e. The van der Waals surface area contributed by atoms with Crippen molar-refractivity contribution in [3.8, 4) is 0 Å². The van der Waals surface area contributed by atoms with Gasteiger partial charge in [0.2, 0.25) is 0 Å². The number of alkyl halides is 1. The molecule has 1 fully saturated rings. The minimum absolute atomic E-state index is 0.00352. The van der Waals surface area contributed by atoms with Crippen molar-refractivity contribution < 1.29 is 4.74 Å². The summed E-state index contributed by atoms with van der Waals surface area (Å²) in [5.74, 6) is 0.568. The third-order valence-electron chi connectivity index (χ3n) is 2.60. The molecule has 3 atom stereocenters. The van der Waals surface area contributed by atoms with Crippen LogP contribution in [0.4, 0.5) is 0 Å². The molecular weight excluding hydrogens is 284 g/mol. The van der Waals surface area contributed by atoms with Gasteiger partial charge in [0.05, 0.1) is 15.3 Å². The van der Waals surface area contributed by atoms with Gasteiger partial charge < -0.3 is 4.74 Å². The van der Waals surface area contributed by atoms with Crippen LogP contribution in [0.3, 0.4) is 0 Å². The molecule has 0 saturated carbocycles. The van der Waals surface area contributed by atoms with E-state index in [0.717, 1.165) is 16.8 Å². The fraction of sp³-hybridized carbons (Fsp3) is 0.600. The lowest BCUT2D eigenvalue weighted by Gasteiger charge is -2.19. The summed E-state index contributed by atoms with van der Waals surface area (Å²) in [5.41, 5.74) is 0. The summed E-state index contributed by atoms with van der Waals surface area (Å²) in [5, 5.41) is 0.00352. The van der Waals surface area contributed by atoms with E-state index in [1.807, 2.05) is 6.07 Å². The smallest absolute Gasteiger partial charge is 0.0942 e. The first-order valence-electron chi connectivity index (χ1n) is 4.69. The Kier molecular flexibility index (Phi) is 3.53. The molecule has 2 heterocycles. The van der Waals surface area contributed by atoms with Crippen molar-refractivity contribution in [1.29, 1.82) is 0 Å². The Bertz CT molecular complexity index is 315. The number of hydrogen-bond acceptors (Lipinski definition) is 2. The van der Waals surface area contributed by atoms with E-state index in [9.17, 15) is 0 Å². The molecule has 1 nitrogen and oxygen atoms in total. The molecule has 1 aliphatic heterocycles. The molecule has 0 amide bonds. The highest BCUT2D eigenvalue weighted by Gasteiger charge is 2.32. The molecular formula is C10H12BrClOS. The van der Waals surface area contributed by atoms with Crippen LogP contribution in [-0.4, -0.2) is 12.7 Å². The summed E-state index contributed by atoms with van der Waals surface area (Å²) in [4.78, 5) is 1.19. The van der Waals surface area contributed by atoms with Crippen molar-refractivity contribution >= 4 is 38.9 Å². The van der Waals surface area contributed by atoms with E-state index in [-0.39, 0.29) is 11.5 Å². The first kappa shape index (κ1) is 10.9. The summed E-state index contributed by atoms with van der Waals surface area (Å²) < 4.78 is 6.78. The van der Waals surface area contributed by atoms with Gasteiger partial charge in [-0.25, -0.2) is 0 Å². The predicted octanol–water partition coefficient (Wildman–Crippen LogP) is 4.22. The number of halogens is 2. The molecule has 0 bridgehead atoms. The number of rotatable bonds is 2. The van der Waals surface area contributed by atoms with Crippen molar-refractivity contribution in [1.82, 2.24) is 0 Å². The first-order chi connectivity index (χ1) is 6.68. The lowest BCUT2D eigenvalue weighted by molar-refractivity contribution is 0.0910. The van der Waals surface area contributed by atoms with E-state index in [0.29, 0.717) is 5.92 Å². The molecule has 4 heteroatoms. The fourth-order valence-corrected chi connectivity index (χ4v) is 3.69.